The molecule has 1 unspecified atom stereocenters. The van der Waals surface area contributed by atoms with Gasteiger partial charge in [-0.15, -0.1) is 10.2 Å². The van der Waals surface area contributed by atoms with Crippen LogP contribution < -0.4 is 5.32 Å². The second kappa shape index (κ2) is 9.12. The number of benzene rings is 2. The highest BCUT2D eigenvalue weighted by Crippen LogP contribution is 2.30. The number of tetrazole rings is 1. The molecule has 0 spiro atoms. The number of allylic oxidation sites excluding steroid dienone is 1. The summed E-state index contributed by atoms with van der Waals surface area (Å²) in [7, 11) is 0. The average molecular weight is 417 g/mol. The third-order valence-corrected chi connectivity index (χ3v) is 5.95. The summed E-state index contributed by atoms with van der Waals surface area (Å²) in [4.78, 5) is 14.6. The van der Waals surface area contributed by atoms with Gasteiger partial charge in [-0.2, -0.15) is 5.21 Å². The molecule has 1 amide bonds. The van der Waals surface area contributed by atoms with E-state index in [4.69, 9.17) is 0 Å². The highest BCUT2D eigenvalue weighted by Gasteiger charge is 2.28. The summed E-state index contributed by atoms with van der Waals surface area (Å²) < 4.78 is 0. The van der Waals surface area contributed by atoms with Gasteiger partial charge < -0.3 is 10.2 Å². The number of rotatable bonds is 7. The van der Waals surface area contributed by atoms with Crippen LogP contribution in [-0.4, -0.2) is 37.6 Å². The van der Waals surface area contributed by atoms with Crippen molar-refractivity contribution < 1.29 is 4.79 Å². The summed E-state index contributed by atoms with van der Waals surface area (Å²) in [6.07, 6.45) is 3.17. The zero-order chi connectivity index (χ0) is 21.8. The Hall–Kier alpha value is -3.48. The molecule has 2 heterocycles. The Balaban J connectivity index is 1.58. The number of aromatic nitrogens is 4. The van der Waals surface area contributed by atoms with Crippen molar-refractivity contribution in [2.24, 2.45) is 0 Å². The van der Waals surface area contributed by atoms with Crippen molar-refractivity contribution in [3.05, 3.63) is 65.4 Å². The predicted octanol–water partition coefficient (Wildman–Crippen LogP) is 4.28. The van der Waals surface area contributed by atoms with Gasteiger partial charge >= 0.3 is 0 Å². The minimum Gasteiger partial charge on any atom is -0.350 e. The van der Waals surface area contributed by atoms with Crippen molar-refractivity contribution in [1.82, 2.24) is 30.8 Å². The molecule has 0 saturated heterocycles. The lowest BCUT2D eigenvalue weighted by molar-refractivity contribution is -0.120. The first kappa shape index (κ1) is 20.8. The van der Waals surface area contributed by atoms with Crippen molar-refractivity contribution in [1.29, 1.82) is 0 Å². The van der Waals surface area contributed by atoms with E-state index in [0.717, 1.165) is 53.8 Å². The van der Waals surface area contributed by atoms with Crippen molar-refractivity contribution in [3.8, 4) is 22.5 Å². The second-order valence-electron chi connectivity index (χ2n) is 7.95. The molecule has 3 aromatic rings. The van der Waals surface area contributed by atoms with E-state index in [9.17, 15) is 4.79 Å². The number of nitrogens with one attached hydrogen (secondary N) is 2. The minimum atomic E-state index is 0.0368. The number of aromatic amines is 1. The van der Waals surface area contributed by atoms with Gasteiger partial charge in [-0.05, 0) is 48.6 Å². The Bertz CT molecular complexity index is 1070. The molecule has 0 saturated carbocycles. The molecule has 4 rings (SSSR count). The normalized spacial score (nSPS) is 16.5. The fourth-order valence-corrected chi connectivity index (χ4v) is 4.00. The van der Waals surface area contributed by atoms with Gasteiger partial charge in [-0.3, -0.25) is 4.79 Å². The van der Waals surface area contributed by atoms with Gasteiger partial charge in [0, 0.05) is 23.4 Å². The fraction of sp³-hybridized carbons (Fsp3) is 0.333. The molecular formula is C24H28N6O. The lowest BCUT2D eigenvalue weighted by Gasteiger charge is -2.39. The Kier molecular flexibility index (Phi) is 6.11. The smallest absolute Gasteiger partial charge is 0.250 e. The molecule has 0 bridgehead atoms. The minimum absolute atomic E-state index is 0.0368. The Morgan fingerprint density at radius 3 is 2.45 bits per heavy atom. The number of carbonyl (C=O) groups is 1. The second-order valence-corrected chi connectivity index (χ2v) is 7.95. The summed E-state index contributed by atoms with van der Waals surface area (Å²) >= 11 is 0. The third kappa shape index (κ3) is 4.35. The van der Waals surface area contributed by atoms with Crippen LogP contribution in [0.5, 0.6) is 0 Å². The lowest BCUT2D eigenvalue weighted by Crippen LogP contribution is -2.51. The van der Waals surface area contributed by atoms with Crippen LogP contribution in [0.3, 0.4) is 0 Å². The van der Waals surface area contributed by atoms with Gasteiger partial charge in [0.15, 0.2) is 0 Å². The summed E-state index contributed by atoms with van der Waals surface area (Å²) in [5, 5.41) is 17.6. The Morgan fingerprint density at radius 1 is 1.03 bits per heavy atom. The molecule has 1 aromatic heterocycles. The van der Waals surface area contributed by atoms with Crippen molar-refractivity contribution in [3.63, 3.8) is 0 Å². The molecule has 0 fully saturated rings. The molecule has 7 heteroatoms. The topological polar surface area (TPSA) is 86.8 Å². The first-order chi connectivity index (χ1) is 15.1. The molecule has 0 aliphatic carbocycles. The van der Waals surface area contributed by atoms with Crippen LogP contribution >= 0.6 is 0 Å². The molecule has 0 radical (unpaired) electrons. The van der Waals surface area contributed by atoms with E-state index in [-0.39, 0.29) is 12.1 Å². The maximum Gasteiger partial charge on any atom is 0.250 e. The van der Waals surface area contributed by atoms with Gasteiger partial charge in [0.1, 0.15) is 6.17 Å². The number of hydrogen-bond acceptors (Lipinski definition) is 5. The van der Waals surface area contributed by atoms with E-state index in [0.29, 0.717) is 5.82 Å². The molecular weight excluding hydrogens is 388 g/mol. The first-order valence-corrected chi connectivity index (χ1v) is 10.8. The summed E-state index contributed by atoms with van der Waals surface area (Å²) in [5.41, 5.74) is 6.15. The number of nitrogens with zero attached hydrogens (tertiary/aromatic N) is 4. The van der Waals surface area contributed by atoms with Crippen LogP contribution in [0.4, 0.5) is 0 Å². The molecule has 31 heavy (non-hydrogen) atoms. The van der Waals surface area contributed by atoms with Crippen LogP contribution in [0, 0.1) is 0 Å². The van der Waals surface area contributed by atoms with Crippen molar-refractivity contribution >= 4 is 5.91 Å². The molecule has 160 valence electrons. The van der Waals surface area contributed by atoms with E-state index in [2.05, 4.69) is 68.1 Å². The highest BCUT2D eigenvalue weighted by molar-refractivity contribution is 5.94. The monoisotopic (exact) mass is 416 g/mol. The van der Waals surface area contributed by atoms with Crippen molar-refractivity contribution in [2.75, 3.05) is 0 Å². The lowest BCUT2D eigenvalue weighted by atomic mass is 9.98. The Morgan fingerprint density at radius 2 is 1.77 bits per heavy atom. The summed E-state index contributed by atoms with van der Waals surface area (Å²) in [6, 6.07) is 16.6. The predicted molar refractivity (Wildman–Crippen MR) is 120 cm³/mol. The fourth-order valence-electron chi connectivity index (χ4n) is 4.00. The molecule has 2 N–H and O–H groups in total. The molecule has 7 nitrogen and oxygen atoms in total. The number of hydrogen-bond donors (Lipinski definition) is 2. The highest BCUT2D eigenvalue weighted by atomic mass is 16.2. The maximum absolute atomic E-state index is 12.3. The van der Waals surface area contributed by atoms with Crippen LogP contribution in [0.2, 0.25) is 0 Å². The SMILES string of the molecule is CCCCC1NC(=O)C(C)=C(C)N1Cc1ccc(-c2ccccc2-c2nn[nH]n2)cc1. The molecule has 1 atom stereocenters. The van der Waals surface area contributed by atoms with E-state index < -0.39 is 0 Å². The van der Waals surface area contributed by atoms with Crippen LogP contribution in [0.15, 0.2) is 59.8 Å². The number of H-pyrrole nitrogens is 1. The standard InChI is InChI=1S/C24H28N6O/c1-4-5-10-22-25-24(31)16(2)17(3)30(22)15-18-11-13-19(14-12-18)20-8-6-7-9-21(20)23-26-28-29-27-23/h6-9,11-14,22H,4-5,10,15H2,1-3H3,(H,25,31)(H,26,27,28,29). The van der Waals surface area contributed by atoms with E-state index in [1.54, 1.807) is 0 Å². The molecule has 2 aromatic carbocycles. The van der Waals surface area contributed by atoms with E-state index in [1.165, 1.54) is 5.56 Å². The largest absolute Gasteiger partial charge is 0.350 e. The summed E-state index contributed by atoms with van der Waals surface area (Å²) in [5.74, 6) is 0.627. The van der Waals surface area contributed by atoms with Gasteiger partial charge in [-0.1, -0.05) is 61.9 Å². The van der Waals surface area contributed by atoms with Crippen LogP contribution in [0.1, 0.15) is 45.6 Å². The quantitative estimate of drug-likeness (QED) is 0.600. The number of unbranched alkanes of at least 4 members (excludes halogenated alkanes) is 1. The molecule has 1 aliphatic rings. The van der Waals surface area contributed by atoms with Gasteiger partial charge in [0.25, 0.3) is 0 Å². The average Bonchev–Trinajstić information content (AvgIpc) is 3.34. The van der Waals surface area contributed by atoms with Gasteiger partial charge in [0.2, 0.25) is 11.7 Å². The van der Waals surface area contributed by atoms with Crippen molar-refractivity contribution in [2.45, 2.75) is 52.7 Å². The van der Waals surface area contributed by atoms with E-state index in [1.807, 2.05) is 32.0 Å². The van der Waals surface area contributed by atoms with Crippen LogP contribution in [-0.2, 0) is 11.3 Å². The zero-order valence-corrected chi connectivity index (χ0v) is 18.2. The van der Waals surface area contributed by atoms with Gasteiger partial charge in [-0.25, -0.2) is 0 Å². The maximum atomic E-state index is 12.3. The first-order valence-electron chi connectivity index (χ1n) is 10.8. The van der Waals surface area contributed by atoms with E-state index >= 15 is 0 Å². The number of carbonyl (C=O) groups excluding carboxylic acids is 1. The summed E-state index contributed by atoms with van der Waals surface area (Å²) in [6.45, 7) is 6.87. The Labute approximate surface area is 182 Å². The number of amides is 1. The molecule has 1 aliphatic heterocycles. The van der Waals surface area contributed by atoms with Gasteiger partial charge in [0.05, 0.1) is 0 Å². The zero-order valence-electron chi connectivity index (χ0n) is 18.2. The third-order valence-electron chi connectivity index (χ3n) is 5.95. The van der Waals surface area contributed by atoms with Crippen LogP contribution in [0.25, 0.3) is 22.5 Å².